The average molecular weight is 289 g/mol. The Kier molecular flexibility index (Phi) is 4.90. The summed E-state index contributed by atoms with van der Waals surface area (Å²) < 4.78 is 18.8. The molecule has 1 amide bonds. The van der Waals surface area contributed by atoms with Crippen LogP contribution in [0.1, 0.15) is 18.6 Å². The molecule has 0 aromatic heterocycles. The largest absolute Gasteiger partial charge is 0.483 e. The van der Waals surface area contributed by atoms with Crippen LogP contribution in [-0.4, -0.2) is 17.6 Å². The third-order valence-corrected chi connectivity index (χ3v) is 2.88. The van der Waals surface area contributed by atoms with Crippen molar-refractivity contribution < 1.29 is 19.0 Å². The molecule has 0 saturated heterocycles. The fourth-order valence-electron chi connectivity index (χ4n) is 1.85. The van der Waals surface area contributed by atoms with Gasteiger partial charge in [0.1, 0.15) is 11.6 Å². The van der Waals surface area contributed by atoms with Gasteiger partial charge in [0.15, 0.2) is 6.61 Å². The number of carbonyl (C=O) groups excluding carboxylic acids is 1. The van der Waals surface area contributed by atoms with E-state index >= 15 is 0 Å². The highest BCUT2D eigenvalue weighted by molar-refractivity contribution is 5.91. The number of nitrogens with one attached hydrogen (secondary N) is 1. The molecule has 0 radical (unpaired) electrons. The minimum Gasteiger partial charge on any atom is -0.483 e. The quantitative estimate of drug-likeness (QED) is 0.889. The molecule has 5 heteroatoms. The lowest BCUT2D eigenvalue weighted by Gasteiger charge is -2.13. The highest BCUT2D eigenvalue weighted by Gasteiger charge is 2.11. The summed E-state index contributed by atoms with van der Waals surface area (Å²) in [4.78, 5) is 11.8. The first-order chi connectivity index (χ1) is 10.1. The van der Waals surface area contributed by atoms with Gasteiger partial charge >= 0.3 is 0 Å². The van der Waals surface area contributed by atoms with Gasteiger partial charge in [0.05, 0.1) is 11.8 Å². The second-order valence-electron chi connectivity index (χ2n) is 4.53. The maximum atomic E-state index is 13.4. The van der Waals surface area contributed by atoms with Gasteiger partial charge in [0, 0.05) is 5.56 Å². The van der Waals surface area contributed by atoms with E-state index in [-0.39, 0.29) is 12.3 Å². The van der Waals surface area contributed by atoms with Crippen molar-refractivity contribution in [1.29, 1.82) is 0 Å². The SMILES string of the molecule is C[C@H](O)c1ccccc1OCC(=O)Nc1ccccc1F. The smallest absolute Gasteiger partial charge is 0.262 e. The lowest BCUT2D eigenvalue weighted by molar-refractivity contribution is -0.118. The number of anilines is 1. The predicted molar refractivity (Wildman–Crippen MR) is 77.6 cm³/mol. The van der Waals surface area contributed by atoms with Gasteiger partial charge in [-0.15, -0.1) is 0 Å². The Morgan fingerprint density at radius 3 is 2.62 bits per heavy atom. The zero-order chi connectivity index (χ0) is 15.2. The second kappa shape index (κ2) is 6.85. The molecular formula is C16H16FNO3. The molecule has 21 heavy (non-hydrogen) atoms. The number of carbonyl (C=O) groups is 1. The van der Waals surface area contributed by atoms with E-state index in [0.29, 0.717) is 11.3 Å². The van der Waals surface area contributed by atoms with Crippen molar-refractivity contribution in [2.75, 3.05) is 11.9 Å². The average Bonchev–Trinajstić information content (AvgIpc) is 2.48. The molecule has 0 aliphatic heterocycles. The Morgan fingerprint density at radius 2 is 1.90 bits per heavy atom. The number of halogens is 1. The number of amides is 1. The number of ether oxygens (including phenoxy) is 1. The first-order valence-corrected chi connectivity index (χ1v) is 6.52. The van der Waals surface area contributed by atoms with Gasteiger partial charge in [-0.05, 0) is 25.1 Å². The summed E-state index contributed by atoms with van der Waals surface area (Å²) >= 11 is 0. The van der Waals surface area contributed by atoms with Gasteiger partial charge in [0.25, 0.3) is 5.91 Å². The standard InChI is InChI=1S/C16H16FNO3/c1-11(19)12-6-2-5-9-15(12)21-10-16(20)18-14-8-4-3-7-13(14)17/h2-9,11,19H,10H2,1H3,(H,18,20)/t11-/m0/s1. The molecule has 0 aliphatic rings. The molecule has 0 spiro atoms. The van der Waals surface area contributed by atoms with Crippen molar-refractivity contribution in [3.63, 3.8) is 0 Å². The lowest BCUT2D eigenvalue weighted by Crippen LogP contribution is -2.21. The van der Waals surface area contributed by atoms with Gasteiger partial charge in [0.2, 0.25) is 0 Å². The fraction of sp³-hybridized carbons (Fsp3) is 0.188. The third-order valence-electron chi connectivity index (χ3n) is 2.88. The van der Waals surface area contributed by atoms with Crippen molar-refractivity contribution >= 4 is 11.6 Å². The van der Waals surface area contributed by atoms with E-state index in [2.05, 4.69) is 5.32 Å². The summed E-state index contributed by atoms with van der Waals surface area (Å²) in [6, 6.07) is 12.8. The summed E-state index contributed by atoms with van der Waals surface area (Å²) in [5.74, 6) is -0.549. The van der Waals surface area contributed by atoms with E-state index in [1.165, 1.54) is 12.1 Å². The van der Waals surface area contributed by atoms with Crippen molar-refractivity contribution in [1.82, 2.24) is 0 Å². The highest BCUT2D eigenvalue weighted by atomic mass is 19.1. The zero-order valence-electron chi connectivity index (χ0n) is 11.5. The van der Waals surface area contributed by atoms with E-state index in [0.717, 1.165) is 0 Å². The van der Waals surface area contributed by atoms with Crippen LogP contribution in [0.25, 0.3) is 0 Å². The number of benzene rings is 2. The summed E-state index contributed by atoms with van der Waals surface area (Å²) in [5, 5.41) is 12.0. The molecule has 2 N–H and O–H groups in total. The Morgan fingerprint density at radius 1 is 1.24 bits per heavy atom. The lowest BCUT2D eigenvalue weighted by atomic mass is 10.1. The van der Waals surface area contributed by atoms with E-state index in [1.807, 2.05) is 0 Å². The Labute approximate surface area is 122 Å². The first-order valence-electron chi connectivity index (χ1n) is 6.52. The fourth-order valence-corrected chi connectivity index (χ4v) is 1.85. The normalized spacial score (nSPS) is 11.8. The molecule has 0 aliphatic carbocycles. The van der Waals surface area contributed by atoms with Crippen LogP contribution in [0.15, 0.2) is 48.5 Å². The van der Waals surface area contributed by atoms with E-state index < -0.39 is 17.8 Å². The van der Waals surface area contributed by atoms with Crippen LogP contribution in [0.3, 0.4) is 0 Å². The molecule has 0 heterocycles. The molecule has 0 fully saturated rings. The van der Waals surface area contributed by atoms with E-state index in [1.54, 1.807) is 43.3 Å². The van der Waals surface area contributed by atoms with Crippen molar-refractivity contribution in [3.8, 4) is 5.75 Å². The molecule has 110 valence electrons. The predicted octanol–water partition coefficient (Wildman–Crippen LogP) is 2.90. The number of para-hydroxylation sites is 2. The minimum atomic E-state index is -0.698. The first kappa shape index (κ1) is 15.0. The Bertz CT molecular complexity index is 628. The monoisotopic (exact) mass is 289 g/mol. The Hall–Kier alpha value is -2.40. The maximum Gasteiger partial charge on any atom is 0.262 e. The second-order valence-corrected chi connectivity index (χ2v) is 4.53. The van der Waals surface area contributed by atoms with Crippen LogP contribution in [0.4, 0.5) is 10.1 Å². The molecule has 0 saturated carbocycles. The van der Waals surface area contributed by atoms with Crippen molar-refractivity contribution in [3.05, 3.63) is 59.9 Å². The van der Waals surface area contributed by atoms with Crippen molar-refractivity contribution in [2.45, 2.75) is 13.0 Å². The number of hydrogen-bond donors (Lipinski definition) is 2. The molecular weight excluding hydrogens is 273 g/mol. The minimum absolute atomic E-state index is 0.106. The van der Waals surface area contributed by atoms with Crippen molar-refractivity contribution in [2.24, 2.45) is 0 Å². The molecule has 1 atom stereocenters. The zero-order valence-corrected chi connectivity index (χ0v) is 11.5. The topological polar surface area (TPSA) is 58.6 Å². The molecule has 2 aromatic rings. The van der Waals surface area contributed by atoms with E-state index in [4.69, 9.17) is 4.74 Å². The summed E-state index contributed by atoms with van der Waals surface area (Å²) in [6.07, 6.45) is -0.698. The Balaban J connectivity index is 1.97. The van der Waals surface area contributed by atoms with Crippen LogP contribution in [0.5, 0.6) is 5.75 Å². The van der Waals surface area contributed by atoms with Crippen LogP contribution < -0.4 is 10.1 Å². The maximum absolute atomic E-state index is 13.4. The molecule has 0 unspecified atom stereocenters. The number of hydrogen-bond acceptors (Lipinski definition) is 3. The van der Waals surface area contributed by atoms with Gasteiger partial charge < -0.3 is 15.2 Å². The number of rotatable bonds is 5. The third kappa shape index (κ3) is 4.03. The van der Waals surface area contributed by atoms with Crippen LogP contribution in [0, 0.1) is 5.82 Å². The molecule has 2 rings (SSSR count). The van der Waals surface area contributed by atoms with Crippen LogP contribution in [-0.2, 0) is 4.79 Å². The summed E-state index contributed by atoms with van der Waals surface area (Å²) in [7, 11) is 0. The van der Waals surface area contributed by atoms with E-state index in [9.17, 15) is 14.3 Å². The van der Waals surface area contributed by atoms with Gasteiger partial charge in [-0.3, -0.25) is 4.79 Å². The summed E-state index contributed by atoms with van der Waals surface area (Å²) in [5.41, 5.74) is 0.700. The van der Waals surface area contributed by atoms with Crippen LogP contribution >= 0.6 is 0 Å². The summed E-state index contributed by atoms with van der Waals surface area (Å²) in [6.45, 7) is 1.35. The van der Waals surface area contributed by atoms with Crippen LogP contribution in [0.2, 0.25) is 0 Å². The van der Waals surface area contributed by atoms with Gasteiger partial charge in [-0.2, -0.15) is 0 Å². The molecule has 4 nitrogen and oxygen atoms in total. The molecule has 2 aromatic carbocycles. The molecule has 0 bridgehead atoms. The number of aliphatic hydroxyl groups is 1. The number of aliphatic hydroxyl groups excluding tert-OH is 1. The highest BCUT2D eigenvalue weighted by Crippen LogP contribution is 2.24. The van der Waals surface area contributed by atoms with Gasteiger partial charge in [-0.25, -0.2) is 4.39 Å². The van der Waals surface area contributed by atoms with Gasteiger partial charge in [-0.1, -0.05) is 30.3 Å².